The maximum atomic E-state index is 12.1. The van der Waals surface area contributed by atoms with Gasteiger partial charge in [-0.2, -0.15) is 5.10 Å². The quantitative estimate of drug-likeness (QED) is 0.857. The van der Waals surface area contributed by atoms with E-state index in [1.165, 1.54) is 12.8 Å². The summed E-state index contributed by atoms with van der Waals surface area (Å²) in [5.41, 5.74) is 2.46. The van der Waals surface area contributed by atoms with E-state index >= 15 is 0 Å². The van der Waals surface area contributed by atoms with E-state index in [9.17, 15) is 4.79 Å². The van der Waals surface area contributed by atoms with Crippen molar-refractivity contribution in [2.24, 2.45) is 0 Å². The third-order valence-corrected chi connectivity index (χ3v) is 4.59. The number of thiazole rings is 1. The molecule has 2 N–H and O–H groups in total. The highest BCUT2D eigenvalue weighted by molar-refractivity contribution is 7.11. The highest BCUT2D eigenvalue weighted by Crippen LogP contribution is 2.38. The van der Waals surface area contributed by atoms with Crippen molar-refractivity contribution in [3.05, 3.63) is 33.0 Å². The van der Waals surface area contributed by atoms with Crippen LogP contribution in [0.3, 0.4) is 0 Å². The minimum atomic E-state index is -0.153. The molecular formula is C14H18N4O2S. The SMILES string of the molecule is COCc1nc(C)c(CNC(=O)c2cc(C3CC3)[nH]n2)s1. The van der Waals surface area contributed by atoms with Crippen molar-refractivity contribution >= 4 is 17.2 Å². The second-order valence-corrected chi connectivity index (χ2v) is 6.38. The smallest absolute Gasteiger partial charge is 0.272 e. The van der Waals surface area contributed by atoms with E-state index in [1.54, 1.807) is 18.4 Å². The van der Waals surface area contributed by atoms with Gasteiger partial charge in [0.2, 0.25) is 0 Å². The zero-order chi connectivity index (χ0) is 14.8. The van der Waals surface area contributed by atoms with Gasteiger partial charge in [0.25, 0.3) is 5.91 Å². The Balaban J connectivity index is 1.59. The van der Waals surface area contributed by atoms with E-state index in [0.717, 1.165) is 21.3 Å². The lowest BCUT2D eigenvalue weighted by Crippen LogP contribution is -2.23. The number of H-pyrrole nitrogens is 1. The summed E-state index contributed by atoms with van der Waals surface area (Å²) in [6.45, 7) is 2.91. The predicted molar refractivity (Wildman–Crippen MR) is 79.3 cm³/mol. The molecule has 0 aromatic carbocycles. The first-order valence-corrected chi connectivity index (χ1v) is 7.76. The molecule has 1 aliphatic carbocycles. The summed E-state index contributed by atoms with van der Waals surface area (Å²) >= 11 is 1.56. The lowest BCUT2D eigenvalue weighted by Gasteiger charge is -2.01. The molecule has 2 aromatic heterocycles. The van der Waals surface area contributed by atoms with Crippen LogP contribution >= 0.6 is 11.3 Å². The van der Waals surface area contributed by atoms with Crippen LogP contribution in [0.5, 0.6) is 0 Å². The van der Waals surface area contributed by atoms with Crippen LogP contribution in [0.4, 0.5) is 0 Å². The molecule has 2 aromatic rings. The Bertz CT molecular complexity index is 645. The number of ether oxygens (including phenoxy) is 1. The number of methoxy groups -OCH3 is 1. The Labute approximate surface area is 126 Å². The Kier molecular flexibility index (Phi) is 4.03. The van der Waals surface area contributed by atoms with Crippen molar-refractivity contribution < 1.29 is 9.53 Å². The molecule has 1 amide bonds. The van der Waals surface area contributed by atoms with E-state index < -0.39 is 0 Å². The van der Waals surface area contributed by atoms with Crippen molar-refractivity contribution in [2.75, 3.05) is 7.11 Å². The van der Waals surface area contributed by atoms with Crippen LogP contribution < -0.4 is 5.32 Å². The predicted octanol–water partition coefficient (Wildman–Crippen LogP) is 2.13. The Morgan fingerprint density at radius 3 is 3.10 bits per heavy atom. The molecule has 0 unspecified atom stereocenters. The molecule has 2 heterocycles. The number of hydrogen-bond donors (Lipinski definition) is 2. The van der Waals surface area contributed by atoms with Gasteiger partial charge in [-0.15, -0.1) is 11.3 Å². The van der Waals surface area contributed by atoms with E-state index in [0.29, 0.717) is 24.8 Å². The maximum Gasteiger partial charge on any atom is 0.272 e. The van der Waals surface area contributed by atoms with E-state index in [4.69, 9.17) is 4.74 Å². The molecule has 0 atom stereocenters. The Hall–Kier alpha value is -1.73. The van der Waals surface area contributed by atoms with E-state index in [2.05, 4.69) is 20.5 Å². The summed E-state index contributed by atoms with van der Waals surface area (Å²) in [6, 6.07) is 1.85. The molecule has 1 saturated carbocycles. The Morgan fingerprint density at radius 1 is 1.57 bits per heavy atom. The van der Waals surface area contributed by atoms with Gasteiger partial charge in [-0.1, -0.05) is 0 Å². The lowest BCUT2D eigenvalue weighted by atomic mass is 10.2. The Morgan fingerprint density at radius 2 is 2.38 bits per heavy atom. The minimum Gasteiger partial charge on any atom is -0.378 e. The van der Waals surface area contributed by atoms with Crippen LogP contribution in [0.2, 0.25) is 0 Å². The summed E-state index contributed by atoms with van der Waals surface area (Å²) < 4.78 is 5.07. The number of hydrogen-bond acceptors (Lipinski definition) is 5. The molecule has 0 bridgehead atoms. The second-order valence-electron chi connectivity index (χ2n) is 5.21. The van der Waals surface area contributed by atoms with Gasteiger partial charge in [-0.25, -0.2) is 4.98 Å². The molecule has 7 heteroatoms. The number of carbonyl (C=O) groups is 1. The number of nitrogens with one attached hydrogen (secondary N) is 2. The van der Waals surface area contributed by atoms with Gasteiger partial charge in [0, 0.05) is 23.6 Å². The molecule has 0 saturated heterocycles. The molecule has 3 rings (SSSR count). The minimum absolute atomic E-state index is 0.153. The number of aromatic nitrogens is 3. The highest BCUT2D eigenvalue weighted by Gasteiger charge is 2.26. The van der Waals surface area contributed by atoms with E-state index in [1.807, 2.05) is 13.0 Å². The van der Waals surface area contributed by atoms with Gasteiger partial charge in [0.05, 0.1) is 18.8 Å². The summed E-state index contributed by atoms with van der Waals surface area (Å²) in [5, 5.41) is 10.8. The molecule has 0 aliphatic heterocycles. The first kappa shape index (κ1) is 14.2. The fraction of sp³-hybridized carbons (Fsp3) is 0.500. The molecule has 0 radical (unpaired) electrons. The van der Waals surface area contributed by atoms with Crippen LogP contribution in [0.15, 0.2) is 6.07 Å². The average molecular weight is 306 g/mol. The fourth-order valence-electron chi connectivity index (χ4n) is 2.15. The largest absolute Gasteiger partial charge is 0.378 e. The molecule has 112 valence electrons. The summed E-state index contributed by atoms with van der Waals surface area (Å²) in [5.74, 6) is 0.415. The van der Waals surface area contributed by atoms with Crippen molar-refractivity contribution in [1.82, 2.24) is 20.5 Å². The van der Waals surface area contributed by atoms with Crippen LogP contribution in [0.1, 0.15) is 50.5 Å². The lowest BCUT2D eigenvalue weighted by molar-refractivity contribution is 0.0946. The van der Waals surface area contributed by atoms with Crippen LogP contribution in [0.25, 0.3) is 0 Å². The van der Waals surface area contributed by atoms with E-state index in [-0.39, 0.29) is 5.91 Å². The van der Waals surface area contributed by atoms with Gasteiger partial charge < -0.3 is 10.1 Å². The number of rotatable bonds is 6. The van der Waals surface area contributed by atoms with Crippen molar-refractivity contribution in [3.63, 3.8) is 0 Å². The first-order chi connectivity index (χ1) is 10.2. The molecule has 1 aliphatic rings. The number of nitrogens with zero attached hydrogens (tertiary/aromatic N) is 2. The summed E-state index contributed by atoms with van der Waals surface area (Å²) in [6.07, 6.45) is 2.37. The average Bonchev–Trinajstić information content (AvgIpc) is 3.09. The normalized spacial score (nSPS) is 14.4. The fourth-order valence-corrected chi connectivity index (χ4v) is 3.13. The van der Waals surface area contributed by atoms with Crippen molar-refractivity contribution in [2.45, 2.75) is 38.8 Å². The number of aryl methyl sites for hydroxylation is 1. The number of aromatic amines is 1. The van der Waals surface area contributed by atoms with Gasteiger partial charge in [0.1, 0.15) is 10.7 Å². The van der Waals surface area contributed by atoms with Crippen LogP contribution in [-0.4, -0.2) is 28.2 Å². The topological polar surface area (TPSA) is 79.9 Å². The maximum absolute atomic E-state index is 12.1. The third-order valence-electron chi connectivity index (χ3n) is 3.46. The number of carbonyl (C=O) groups excluding carboxylic acids is 1. The van der Waals surface area contributed by atoms with Crippen LogP contribution in [0, 0.1) is 6.92 Å². The van der Waals surface area contributed by atoms with Gasteiger partial charge in [-0.3, -0.25) is 9.89 Å². The second kappa shape index (κ2) is 5.95. The third kappa shape index (κ3) is 3.30. The molecule has 21 heavy (non-hydrogen) atoms. The van der Waals surface area contributed by atoms with Gasteiger partial charge >= 0.3 is 0 Å². The molecule has 6 nitrogen and oxygen atoms in total. The van der Waals surface area contributed by atoms with Gasteiger partial charge in [-0.05, 0) is 25.8 Å². The number of amides is 1. The standard InChI is InChI=1S/C14H18N4O2S/c1-8-12(21-13(16-8)7-20-2)6-15-14(19)11-5-10(17-18-11)9-3-4-9/h5,9H,3-4,6-7H2,1-2H3,(H,15,19)(H,17,18). The van der Waals surface area contributed by atoms with Crippen molar-refractivity contribution in [1.29, 1.82) is 0 Å². The summed E-state index contributed by atoms with van der Waals surface area (Å²) in [4.78, 5) is 17.5. The first-order valence-electron chi connectivity index (χ1n) is 6.95. The molecule has 0 spiro atoms. The summed E-state index contributed by atoms with van der Waals surface area (Å²) in [7, 11) is 1.65. The molecular weight excluding hydrogens is 288 g/mol. The highest BCUT2D eigenvalue weighted by atomic mass is 32.1. The van der Waals surface area contributed by atoms with Crippen LogP contribution in [-0.2, 0) is 17.9 Å². The zero-order valence-electron chi connectivity index (χ0n) is 12.1. The molecule has 1 fully saturated rings. The monoisotopic (exact) mass is 306 g/mol. The van der Waals surface area contributed by atoms with Crippen molar-refractivity contribution in [3.8, 4) is 0 Å². The van der Waals surface area contributed by atoms with Gasteiger partial charge in [0.15, 0.2) is 0 Å². The zero-order valence-corrected chi connectivity index (χ0v) is 12.9.